The zero-order valence-corrected chi connectivity index (χ0v) is 14.4. The minimum absolute atomic E-state index is 0.536. The first-order chi connectivity index (χ1) is 11.8. The Labute approximate surface area is 149 Å². The van der Waals surface area contributed by atoms with Crippen molar-refractivity contribution in [3.05, 3.63) is 82.2 Å². The van der Waals surface area contributed by atoms with Gasteiger partial charge in [0.05, 0.1) is 24.1 Å². The minimum atomic E-state index is 0.536. The molecule has 0 spiro atoms. The first-order valence-electron chi connectivity index (χ1n) is 7.31. The lowest BCUT2D eigenvalue weighted by molar-refractivity contribution is 0.839. The lowest BCUT2D eigenvalue weighted by Gasteiger charge is -2.04. The maximum atomic E-state index is 6.12. The zero-order valence-electron chi connectivity index (χ0n) is 12.8. The number of rotatable bonds is 5. The summed E-state index contributed by atoms with van der Waals surface area (Å²) in [6.07, 6.45) is 5.21. The SMILES string of the molecule is C=CCN=c1scc(-c2cccc(Cl)c2)n1N=Cc1ccccn1. The molecular formula is C18H15ClN4S. The summed E-state index contributed by atoms with van der Waals surface area (Å²) in [5.41, 5.74) is 2.69. The maximum absolute atomic E-state index is 6.12. The third-order valence-corrected chi connectivity index (χ3v) is 4.24. The molecule has 0 atom stereocenters. The van der Waals surface area contributed by atoms with Gasteiger partial charge in [-0.05, 0) is 24.3 Å². The lowest BCUT2D eigenvalue weighted by Crippen LogP contribution is -2.12. The van der Waals surface area contributed by atoms with Crippen molar-refractivity contribution in [1.82, 2.24) is 9.66 Å². The number of hydrogen-bond donors (Lipinski definition) is 0. The van der Waals surface area contributed by atoms with Gasteiger partial charge in [-0.25, -0.2) is 4.68 Å². The van der Waals surface area contributed by atoms with Crippen LogP contribution in [0.15, 0.2) is 76.8 Å². The minimum Gasteiger partial charge on any atom is -0.255 e. The second-order valence-corrected chi connectivity index (χ2v) is 6.13. The molecule has 0 N–H and O–H groups in total. The predicted molar refractivity (Wildman–Crippen MR) is 101 cm³/mol. The lowest BCUT2D eigenvalue weighted by atomic mass is 10.2. The molecule has 0 saturated heterocycles. The Morgan fingerprint density at radius 1 is 1.25 bits per heavy atom. The molecule has 0 radical (unpaired) electrons. The van der Waals surface area contributed by atoms with E-state index in [1.807, 2.05) is 47.8 Å². The van der Waals surface area contributed by atoms with Gasteiger partial charge in [0.15, 0.2) is 0 Å². The molecule has 24 heavy (non-hydrogen) atoms. The molecule has 3 aromatic rings. The second kappa shape index (κ2) is 7.86. The van der Waals surface area contributed by atoms with Gasteiger partial charge in [-0.2, -0.15) is 5.10 Å². The van der Waals surface area contributed by atoms with Crippen LogP contribution in [0.1, 0.15) is 5.69 Å². The third-order valence-electron chi connectivity index (χ3n) is 3.15. The van der Waals surface area contributed by atoms with Crippen LogP contribution in [0.4, 0.5) is 0 Å². The second-order valence-electron chi connectivity index (χ2n) is 4.85. The Bertz CT molecular complexity index is 925. The van der Waals surface area contributed by atoms with E-state index in [1.54, 1.807) is 23.2 Å². The normalized spacial score (nSPS) is 12.0. The largest absolute Gasteiger partial charge is 0.255 e. The van der Waals surface area contributed by atoms with Gasteiger partial charge >= 0.3 is 0 Å². The molecule has 0 aliphatic carbocycles. The van der Waals surface area contributed by atoms with E-state index in [2.05, 4.69) is 21.7 Å². The standard InChI is InChI=1S/C18H15ClN4S/c1-2-9-21-18-23(22-12-16-8-3-4-10-20-16)17(13-24-18)14-6-5-7-15(19)11-14/h2-8,10-13H,1,9H2. The topological polar surface area (TPSA) is 42.5 Å². The van der Waals surface area contributed by atoms with Crippen LogP contribution in [-0.4, -0.2) is 22.4 Å². The van der Waals surface area contributed by atoms with Gasteiger partial charge in [-0.3, -0.25) is 9.98 Å². The molecule has 0 aliphatic rings. The van der Waals surface area contributed by atoms with Crippen LogP contribution >= 0.6 is 22.9 Å². The van der Waals surface area contributed by atoms with Gasteiger partial charge in [0, 0.05) is 22.2 Å². The highest BCUT2D eigenvalue weighted by molar-refractivity contribution is 7.07. The molecule has 0 saturated carbocycles. The van der Waals surface area contributed by atoms with Crippen LogP contribution in [0, 0.1) is 0 Å². The molecule has 2 aromatic heterocycles. The van der Waals surface area contributed by atoms with Crippen LogP contribution in [0.5, 0.6) is 0 Å². The van der Waals surface area contributed by atoms with E-state index in [1.165, 1.54) is 11.3 Å². The molecule has 0 aliphatic heterocycles. The van der Waals surface area contributed by atoms with Crippen LogP contribution in [0.3, 0.4) is 0 Å². The summed E-state index contributed by atoms with van der Waals surface area (Å²) in [5, 5.41) is 7.26. The average Bonchev–Trinajstić information content (AvgIpc) is 3.02. The third kappa shape index (κ3) is 3.88. The average molecular weight is 355 g/mol. The van der Waals surface area contributed by atoms with Crippen molar-refractivity contribution in [2.45, 2.75) is 0 Å². The highest BCUT2D eigenvalue weighted by Crippen LogP contribution is 2.23. The number of pyridine rings is 1. The summed E-state index contributed by atoms with van der Waals surface area (Å²) in [7, 11) is 0. The summed E-state index contributed by atoms with van der Waals surface area (Å²) >= 11 is 7.64. The number of halogens is 1. The molecule has 120 valence electrons. The highest BCUT2D eigenvalue weighted by Gasteiger charge is 2.07. The van der Waals surface area contributed by atoms with Gasteiger partial charge in [-0.15, -0.1) is 17.9 Å². The smallest absolute Gasteiger partial charge is 0.206 e. The predicted octanol–water partition coefficient (Wildman–Crippen LogP) is 4.23. The van der Waals surface area contributed by atoms with Gasteiger partial charge in [0.1, 0.15) is 0 Å². The number of nitrogens with zero attached hydrogens (tertiary/aromatic N) is 4. The van der Waals surface area contributed by atoms with E-state index in [0.29, 0.717) is 11.6 Å². The Balaban J connectivity index is 2.08. The van der Waals surface area contributed by atoms with Crippen LogP contribution in [0.2, 0.25) is 5.02 Å². The number of aromatic nitrogens is 2. The van der Waals surface area contributed by atoms with E-state index in [0.717, 1.165) is 21.8 Å². The Morgan fingerprint density at radius 2 is 2.17 bits per heavy atom. The molecule has 0 unspecified atom stereocenters. The Hall–Kier alpha value is -2.50. The molecule has 6 heteroatoms. The number of thiazole rings is 1. The van der Waals surface area contributed by atoms with Gasteiger partial charge in [0.2, 0.25) is 4.80 Å². The van der Waals surface area contributed by atoms with Crippen molar-refractivity contribution in [2.75, 3.05) is 6.54 Å². The molecule has 2 heterocycles. The monoisotopic (exact) mass is 354 g/mol. The van der Waals surface area contributed by atoms with Crippen molar-refractivity contribution in [3.63, 3.8) is 0 Å². The fraction of sp³-hybridized carbons (Fsp3) is 0.0556. The maximum Gasteiger partial charge on any atom is 0.206 e. The van der Waals surface area contributed by atoms with Crippen molar-refractivity contribution in [3.8, 4) is 11.3 Å². The van der Waals surface area contributed by atoms with E-state index >= 15 is 0 Å². The summed E-state index contributed by atoms with van der Waals surface area (Å²) in [5.74, 6) is 0. The quantitative estimate of drug-likeness (QED) is 0.499. The molecule has 1 aromatic carbocycles. The van der Waals surface area contributed by atoms with Crippen LogP contribution in [0.25, 0.3) is 11.3 Å². The fourth-order valence-corrected chi connectivity index (χ4v) is 3.11. The molecule has 4 nitrogen and oxygen atoms in total. The van der Waals surface area contributed by atoms with E-state index in [4.69, 9.17) is 11.6 Å². The molecule has 3 rings (SSSR count). The summed E-state index contributed by atoms with van der Waals surface area (Å²) in [6.45, 7) is 4.25. The Kier molecular flexibility index (Phi) is 5.36. The molecule has 0 bridgehead atoms. The zero-order chi connectivity index (χ0) is 16.8. The first-order valence-corrected chi connectivity index (χ1v) is 8.57. The Morgan fingerprint density at radius 3 is 2.92 bits per heavy atom. The van der Waals surface area contributed by atoms with E-state index in [9.17, 15) is 0 Å². The summed E-state index contributed by atoms with van der Waals surface area (Å²) in [4.78, 5) is 9.55. The highest BCUT2D eigenvalue weighted by atomic mass is 35.5. The molecule has 0 amide bonds. The summed E-state index contributed by atoms with van der Waals surface area (Å²) in [6, 6.07) is 13.4. The number of hydrogen-bond acceptors (Lipinski definition) is 4. The fourth-order valence-electron chi connectivity index (χ4n) is 2.08. The molecular weight excluding hydrogens is 340 g/mol. The van der Waals surface area contributed by atoms with E-state index < -0.39 is 0 Å². The van der Waals surface area contributed by atoms with Crippen molar-refractivity contribution in [1.29, 1.82) is 0 Å². The van der Waals surface area contributed by atoms with Crippen LogP contribution < -0.4 is 4.80 Å². The van der Waals surface area contributed by atoms with Gasteiger partial charge in [-0.1, -0.05) is 35.9 Å². The van der Waals surface area contributed by atoms with Crippen molar-refractivity contribution >= 4 is 29.2 Å². The summed E-state index contributed by atoms with van der Waals surface area (Å²) < 4.78 is 1.80. The van der Waals surface area contributed by atoms with Gasteiger partial charge in [0.25, 0.3) is 0 Å². The van der Waals surface area contributed by atoms with Crippen molar-refractivity contribution in [2.24, 2.45) is 10.1 Å². The van der Waals surface area contributed by atoms with Gasteiger partial charge < -0.3 is 0 Å². The first kappa shape index (κ1) is 16.4. The van der Waals surface area contributed by atoms with Crippen molar-refractivity contribution < 1.29 is 0 Å². The van der Waals surface area contributed by atoms with E-state index in [-0.39, 0.29) is 0 Å². The molecule has 0 fully saturated rings. The van der Waals surface area contributed by atoms with Crippen LogP contribution in [-0.2, 0) is 0 Å². The number of benzene rings is 1.